The summed E-state index contributed by atoms with van der Waals surface area (Å²) in [6, 6.07) is 14.5. The van der Waals surface area contributed by atoms with Crippen LogP contribution in [-0.2, 0) is 17.8 Å². The van der Waals surface area contributed by atoms with Crippen molar-refractivity contribution < 1.29 is 14.7 Å². The molecule has 0 spiro atoms. The summed E-state index contributed by atoms with van der Waals surface area (Å²) < 4.78 is 0. The van der Waals surface area contributed by atoms with Crippen LogP contribution in [0.25, 0.3) is 0 Å². The second-order valence-corrected chi connectivity index (χ2v) is 5.42. The number of carbonyl (C=O) groups is 2. The maximum atomic E-state index is 12.2. The number of likely N-dealkylation sites (N-methyl/N-ethyl adjacent to an activating group) is 1. The van der Waals surface area contributed by atoms with E-state index in [-0.39, 0.29) is 11.5 Å². The zero-order valence-corrected chi connectivity index (χ0v) is 12.7. The van der Waals surface area contributed by atoms with Gasteiger partial charge in [0.2, 0.25) is 5.91 Å². The average Bonchev–Trinajstić information content (AvgIpc) is 2.47. The first-order chi connectivity index (χ1) is 10.5. The molecule has 0 radical (unpaired) electrons. The molecule has 4 nitrogen and oxygen atoms in total. The van der Waals surface area contributed by atoms with E-state index in [9.17, 15) is 9.59 Å². The molecule has 2 aromatic rings. The zero-order valence-electron chi connectivity index (χ0n) is 12.7. The Bertz CT molecular complexity index is 677. The highest BCUT2D eigenvalue weighted by Gasteiger charge is 2.11. The van der Waals surface area contributed by atoms with Crippen molar-refractivity contribution in [3.63, 3.8) is 0 Å². The van der Waals surface area contributed by atoms with Gasteiger partial charge in [0, 0.05) is 13.6 Å². The van der Waals surface area contributed by atoms with Gasteiger partial charge in [0.15, 0.2) is 0 Å². The normalized spacial score (nSPS) is 10.3. The lowest BCUT2D eigenvalue weighted by atomic mass is 10.1. The molecule has 0 fully saturated rings. The Hall–Kier alpha value is -2.62. The molecule has 0 saturated heterocycles. The predicted octanol–water partition coefficient (Wildman–Crippen LogP) is 2.89. The third kappa shape index (κ3) is 4.19. The van der Waals surface area contributed by atoms with E-state index < -0.39 is 5.97 Å². The molecule has 0 bridgehead atoms. The molecule has 0 heterocycles. The maximum absolute atomic E-state index is 12.2. The van der Waals surface area contributed by atoms with Crippen molar-refractivity contribution in [2.75, 3.05) is 7.05 Å². The SMILES string of the molecule is Cc1cccc(CC(=O)N(C)Cc2ccc(C(=O)O)cc2)c1. The minimum absolute atomic E-state index is 0.0351. The molecule has 0 aromatic heterocycles. The molecule has 0 aliphatic heterocycles. The van der Waals surface area contributed by atoms with E-state index in [1.54, 1.807) is 36.2 Å². The Morgan fingerprint density at radius 3 is 2.32 bits per heavy atom. The van der Waals surface area contributed by atoms with Crippen molar-refractivity contribution in [3.8, 4) is 0 Å². The molecule has 4 heteroatoms. The first-order valence-corrected chi connectivity index (χ1v) is 7.07. The number of carboxylic acid groups (broad SMARTS) is 1. The zero-order chi connectivity index (χ0) is 16.1. The lowest BCUT2D eigenvalue weighted by molar-refractivity contribution is -0.129. The summed E-state index contributed by atoms with van der Waals surface area (Å²) in [7, 11) is 1.75. The van der Waals surface area contributed by atoms with Gasteiger partial charge in [-0.15, -0.1) is 0 Å². The monoisotopic (exact) mass is 297 g/mol. The summed E-state index contributed by atoms with van der Waals surface area (Å²) in [5.74, 6) is -0.914. The number of hydrogen-bond donors (Lipinski definition) is 1. The lowest BCUT2D eigenvalue weighted by Gasteiger charge is -2.17. The smallest absolute Gasteiger partial charge is 0.335 e. The quantitative estimate of drug-likeness (QED) is 0.923. The summed E-state index contributed by atoms with van der Waals surface area (Å²) in [4.78, 5) is 24.7. The van der Waals surface area contributed by atoms with Crippen molar-refractivity contribution in [1.29, 1.82) is 0 Å². The summed E-state index contributed by atoms with van der Waals surface area (Å²) in [6.45, 7) is 2.46. The molecule has 114 valence electrons. The van der Waals surface area contributed by atoms with Crippen LogP contribution in [0.15, 0.2) is 48.5 Å². The number of carbonyl (C=O) groups excluding carboxylic acids is 1. The van der Waals surface area contributed by atoms with E-state index in [1.807, 2.05) is 31.2 Å². The topological polar surface area (TPSA) is 57.6 Å². The molecule has 1 N–H and O–H groups in total. The Morgan fingerprint density at radius 1 is 1.05 bits per heavy atom. The van der Waals surface area contributed by atoms with Gasteiger partial charge in [0.05, 0.1) is 12.0 Å². The maximum Gasteiger partial charge on any atom is 0.335 e. The van der Waals surface area contributed by atoms with E-state index in [0.29, 0.717) is 13.0 Å². The minimum Gasteiger partial charge on any atom is -0.478 e. The summed E-state index contributed by atoms with van der Waals surface area (Å²) >= 11 is 0. The van der Waals surface area contributed by atoms with E-state index in [2.05, 4.69) is 0 Å². The van der Waals surface area contributed by atoms with Crippen LogP contribution in [-0.4, -0.2) is 28.9 Å². The predicted molar refractivity (Wildman–Crippen MR) is 84.8 cm³/mol. The Morgan fingerprint density at radius 2 is 1.73 bits per heavy atom. The molecule has 22 heavy (non-hydrogen) atoms. The van der Waals surface area contributed by atoms with Crippen molar-refractivity contribution in [2.45, 2.75) is 19.9 Å². The molecular weight excluding hydrogens is 278 g/mol. The number of aromatic carboxylic acids is 1. The lowest BCUT2D eigenvalue weighted by Crippen LogP contribution is -2.27. The van der Waals surface area contributed by atoms with Gasteiger partial charge in [-0.1, -0.05) is 42.0 Å². The molecule has 0 unspecified atom stereocenters. The number of carboxylic acids is 1. The highest BCUT2D eigenvalue weighted by Crippen LogP contribution is 2.10. The van der Waals surface area contributed by atoms with Crippen LogP contribution < -0.4 is 0 Å². The van der Waals surface area contributed by atoms with Crippen molar-refractivity contribution in [3.05, 3.63) is 70.8 Å². The van der Waals surface area contributed by atoms with Crippen LogP contribution in [0.2, 0.25) is 0 Å². The second kappa shape index (κ2) is 6.89. The number of amides is 1. The van der Waals surface area contributed by atoms with Gasteiger partial charge in [-0.05, 0) is 30.2 Å². The van der Waals surface area contributed by atoms with Gasteiger partial charge in [-0.2, -0.15) is 0 Å². The van der Waals surface area contributed by atoms with Crippen LogP contribution in [0, 0.1) is 6.92 Å². The largest absolute Gasteiger partial charge is 0.478 e. The van der Waals surface area contributed by atoms with E-state index in [0.717, 1.165) is 16.7 Å². The van der Waals surface area contributed by atoms with E-state index in [4.69, 9.17) is 5.11 Å². The molecular formula is C18H19NO3. The first kappa shape index (κ1) is 15.8. The number of rotatable bonds is 5. The summed E-state index contributed by atoms with van der Waals surface area (Å²) in [5, 5.41) is 8.87. The van der Waals surface area contributed by atoms with Gasteiger partial charge < -0.3 is 10.0 Å². The number of nitrogens with zero attached hydrogens (tertiary/aromatic N) is 1. The Labute approximate surface area is 130 Å². The molecule has 0 aliphatic rings. The van der Waals surface area contributed by atoms with Crippen LogP contribution in [0.5, 0.6) is 0 Å². The fourth-order valence-corrected chi connectivity index (χ4v) is 2.25. The standard InChI is InChI=1S/C18H19NO3/c1-13-4-3-5-15(10-13)11-17(20)19(2)12-14-6-8-16(9-7-14)18(21)22/h3-10H,11-12H2,1-2H3,(H,21,22). The highest BCUT2D eigenvalue weighted by atomic mass is 16.4. The fourth-order valence-electron chi connectivity index (χ4n) is 2.25. The second-order valence-electron chi connectivity index (χ2n) is 5.42. The van der Waals surface area contributed by atoms with Crippen molar-refractivity contribution >= 4 is 11.9 Å². The molecule has 0 aliphatic carbocycles. The van der Waals surface area contributed by atoms with Crippen LogP contribution in [0.1, 0.15) is 27.0 Å². The Kier molecular flexibility index (Phi) is 4.94. The summed E-state index contributed by atoms with van der Waals surface area (Å²) in [5.41, 5.74) is 3.29. The van der Waals surface area contributed by atoms with Crippen molar-refractivity contribution in [1.82, 2.24) is 4.90 Å². The molecule has 2 rings (SSSR count). The number of aryl methyl sites for hydroxylation is 1. The third-order valence-corrected chi connectivity index (χ3v) is 3.48. The highest BCUT2D eigenvalue weighted by molar-refractivity contribution is 5.87. The molecule has 2 aromatic carbocycles. The average molecular weight is 297 g/mol. The molecule has 0 saturated carbocycles. The van der Waals surface area contributed by atoms with Gasteiger partial charge in [0.1, 0.15) is 0 Å². The van der Waals surface area contributed by atoms with Gasteiger partial charge in [0.25, 0.3) is 0 Å². The first-order valence-electron chi connectivity index (χ1n) is 7.07. The molecule has 1 amide bonds. The number of benzene rings is 2. The van der Waals surface area contributed by atoms with Gasteiger partial charge in [-0.25, -0.2) is 4.79 Å². The van der Waals surface area contributed by atoms with E-state index >= 15 is 0 Å². The van der Waals surface area contributed by atoms with Crippen LogP contribution in [0.3, 0.4) is 0 Å². The van der Waals surface area contributed by atoms with Gasteiger partial charge in [-0.3, -0.25) is 4.79 Å². The van der Waals surface area contributed by atoms with E-state index in [1.165, 1.54) is 0 Å². The Balaban J connectivity index is 1.97. The number of hydrogen-bond acceptors (Lipinski definition) is 2. The van der Waals surface area contributed by atoms with Crippen molar-refractivity contribution in [2.24, 2.45) is 0 Å². The summed E-state index contributed by atoms with van der Waals surface area (Å²) in [6.07, 6.45) is 0.366. The molecule has 0 atom stereocenters. The van der Waals surface area contributed by atoms with Crippen LogP contribution in [0.4, 0.5) is 0 Å². The minimum atomic E-state index is -0.949. The fraction of sp³-hybridized carbons (Fsp3) is 0.222. The van der Waals surface area contributed by atoms with Gasteiger partial charge >= 0.3 is 5.97 Å². The van der Waals surface area contributed by atoms with Crippen LogP contribution >= 0.6 is 0 Å². The third-order valence-electron chi connectivity index (χ3n) is 3.48.